The first-order chi connectivity index (χ1) is 13.2. The van der Waals surface area contributed by atoms with Crippen LogP contribution in [0.25, 0.3) is 0 Å². The maximum atomic E-state index is 11.9. The molecule has 0 rings (SSSR count). The normalized spacial score (nSPS) is 12.6. The maximum absolute atomic E-state index is 11.9. The summed E-state index contributed by atoms with van der Waals surface area (Å²) < 4.78 is 0. The van der Waals surface area contributed by atoms with E-state index in [1.807, 2.05) is 0 Å². The van der Waals surface area contributed by atoms with Gasteiger partial charge in [-0.25, -0.2) is 0 Å². The summed E-state index contributed by atoms with van der Waals surface area (Å²) in [6.45, 7) is 4.44. The van der Waals surface area contributed by atoms with Crippen LogP contribution in [0.3, 0.4) is 0 Å². The molecule has 0 spiro atoms. The zero-order chi connectivity index (χ0) is 20.0. The number of amides is 1. The molecule has 0 aliphatic carbocycles. The minimum atomic E-state index is -0.0529. The second-order valence-electron chi connectivity index (χ2n) is 7.92. The van der Waals surface area contributed by atoms with Crippen LogP contribution in [0.5, 0.6) is 0 Å². The molecule has 27 heavy (non-hydrogen) atoms. The lowest BCUT2D eigenvalue weighted by molar-refractivity contribution is -0.122. The highest BCUT2D eigenvalue weighted by atomic mass is 16.3. The maximum Gasteiger partial charge on any atom is 0.220 e. The zero-order valence-electron chi connectivity index (χ0n) is 18.3. The Balaban J connectivity index is 3.34. The van der Waals surface area contributed by atoms with E-state index >= 15 is 0 Å². The average Bonchev–Trinajstić information content (AvgIpc) is 2.68. The topological polar surface area (TPSA) is 49.3 Å². The number of rotatable bonds is 20. The van der Waals surface area contributed by atoms with E-state index in [-0.39, 0.29) is 18.6 Å². The number of carbonyl (C=O) groups excluding carboxylic acids is 1. The van der Waals surface area contributed by atoms with Crippen LogP contribution in [0.4, 0.5) is 0 Å². The van der Waals surface area contributed by atoms with Gasteiger partial charge >= 0.3 is 0 Å². The lowest BCUT2D eigenvalue weighted by Gasteiger charge is -2.15. The number of hydrogen-bond acceptors (Lipinski definition) is 2. The molecule has 1 amide bonds. The van der Waals surface area contributed by atoms with Crippen molar-refractivity contribution in [3.05, 3.63) is 12.2 Å². The predicted octanol–water partition coefficient (Wildman–Crippen LogP) is 6.69. The van der Waals surface area contributed by atoms with Gasteiger partial charge in [0.25, 0.3) is 0 Å². The fraction of sp³-hybridized carbons (Fsp3) is 0.875. The van der Waals surface area contributed by atoms with E-state index in [4.69, 9.17) is 0 Å². The fourth-order valence-corrected chi connectivity index (χ4v) is 3.32. The largest absolute Gasteiger partial charge is 0.394 e. The van der Waals surface area contributed by atoms with Gasteiger partial charge in [0, 0.05) is 6.42 Å². The highest BCUT2D eigenvalue weighted by Gasteiger charge is 2.10. The SMILES string of the molecule is CCCCCCC=CCCCCCCCCCC(=O)NC(CO)CCCC. The van der Waals surface area contributed by atoms with Crippen molar-refractivity contribution in [1.29, 1.82) is 0 Å². The molecule has 1 atom stereocenters. The summed E-state index contributed by atoms with van der Waals surface area (Å²) in [5.74, 6) is 0.103. The molecule has 3 heteroatoms. The van der Waals surface area contributed by atoms with E-state index in [1.54, 1.807) is 0 Å². The van der Waals surface area contributed by atoms with Crippen LogP contribution >= 0.6 is 0 Å². The first-order valence-corrected chi connectivity index (χ1v) is 11.8. The summed E-state index contributed by atoms with van der Waals surface area (Å²) in [5, 5.41) is 12.2. The van der Waals surface area contributed by atoms with Crippen molar-refractivity contribution in [2.24, 2.45) is 0 Å². The molecular weight excluding hydrogens is 334 g/mol. The van der Waals surface area contributed by atoms with E-state index in [0.717, 1.165) is 32.1 Å². The summed E-state index contributed by atoms with van der Waals surface area (Å²) in [6.07, 6.45) is 24.9. The van der Waals surface area contributed by atoms with E-state index in [0.29, 0.717) is 6.42 Å². The van der Waals surface area contributed by atoms with Crippen LogP contribution in [0.15, 0.2) is 12.2 Å². The molecule has 0 aromatic rings. The second kappa shape index (κ2) is 21.5. The Bertz CT molecular complexity index is 341. The smallest absolute Gasteiger partial charge is 0.220 e. The third kappa shape index (κ3) is 19.7. The van der Waals surface area contributed by atoms with Crippen molar-refractivity contribution in [3.8, 4) is 0 Å². The van der Waals surface area contributed by atoms with E-state index < -0.39 is 0 Å². The zero-order valence-corrected chi connectivity index (χ0v) is 18.3. The highest BCUT2D eigenvalue weighted by molar-refractivity contribution is 5.76. The highest BCUT2D eigenvalue weighted by Crippen LogP contribution is 2.11. The molecule has 2 N–H and O–H groups in total. The van der Waals surface area contributed by atoms with Crippen molar-refractivity contribution in [3.63, 3.8) is 0 Å². The van der Waals surface area contributed by atoms with Crippen molar-refractivity contribution < 1.29 is 9.90 Å². The Labute approximate surface area is 169 Å². The molecular formula is C24H47NO2. The van der Waals surface area contributed by atoms with E-state index in [9.17, 15) is 9.90 Å². The first kappa shape index (κ1) is 26.2. The number of carbonyl (C=O) groups is 1. The second-order valence-corrected chi connectivity index (χ2v) is 7.92. The summed E-state index contributed by atoms with van der Waals surface area (Å²) in [6, 6.07) is -0.0529. The van der Waals surface area contributed by atoms with Gasteiger partial charge in [-0.05, 0) is 38.5 Å². The van der Waals surface area contributed by atoms with Crippen LogP contribution in [0, 0.1) is 0 Å². The van der Waals surface area contributed by atoms with Gasteiger partial charge in [-0.2, -0.15) is 0 Å². The standard InChI is InChI=1S/C24H47NO2/c1-3-5-7-8-9-10-11-12-13-14-15-16-17-18-19-21-24(27)25-23(22-26)20-6-4-2/h10-11,23,26H,3-9,12-22H2,1-2H3,(H,25,27). The van der Waals surface area contributed by atoms with Gasteiger partial charge in [0.15, 0.2) is 0 Å². The Kier molecular flexibility index (Phi) is 20.8. The number of unbranched alkanes of at least 4 members (excludes halogenated alkanes) is 12. The first-order valence-electron chi connectivity index (χ1n) is 11.8. The van der Waals surface area contributed by atoms with Crippen LogP contribution in [0.2, 0.25) is 0 Å². The number of nitrogens with one attached hydrogen (secondary N) is 1. The summed E-state index contributed by atoms with van der Waals surface area (Å²) >= 11 is 0. The molecule has 1 unspecified atom stereocenters. The number of allylic oxidation sites excluding steroid dienone is 2. The molecule has 0 aliphatic heterocycles. The lowest BCUT2D eigenvalue weighted by atomic mass is 10.1. The third-order valence-corrected chi connectivity index (χ3v) is 5.16. The monoisotopic (exact) mass is 381 g/mol. The fourth-order valence-electron chi connectivity index (χ4n) is 3.32. The van der Waals surface area contributed by atoms with Crippen molar-refractivity contribution in [1.82, 2.24) is 5.32 Å². The molecule has 0 heterocycles. The minimum absolute atomic E-state index is 0.0529. The van der Waals surface area contributed by atoms with Crippen LogP contribution in [0.1, 0.15) is 123 Å². The van der Waals surface area contributed by atoms with E-state index in [1.165, 1.54) is 70.6 Å². The molecule has 160 valence electrons. The van der Waals surface area contributed by atoms with Crippen molar-refractivity contribution in [2.75, 3.05) is 6.61 Å². The average molecular weight is 382 g/mol. The Morgan fingerprint density at radius 1 is 0.778 bits per heavy atom. The van der Waals surface area contributed by atoms with Gasteiger partial charge in [0.05, 0.1) is 12.6 Å². The molecule has 0 aromatic carbocycles. The minimum Gasteiger partial charge on any atom is -0.394 e. The summed E-state index contributed by atoms with van der Waals surface area (Å²) in [5.41, 5.74) is 0. The van der Waals surface area contributed by atoms with Crippen molar-refractivity contribution >= 4 is 5.91 Å². The number of aliphatic hydroxyl groups is 1. The Morgan fingerprint density at radius 3 is 1.85 bits per heavy atom. The van der Waals surface area contributed by atoms with Gasteiger partial charge in [0.2, 0.25) is 5.91 Å². The number of aliphatic hydroxyl groups excluding tert-OH is 1. The van der Waals surface area contributed by atoms with Crippen LogP contribution in [-0.4, -0.2) is 23.7 Å². The van der Waals surface area contributed by atoms with Gasteiger partial charge in [-0.3, -0.25) is 4.79 Å². The van der Waals surface area contributed by atoms with Gasteiger partial charge in [-0.15, -0.1) is 0 Å². The molecule has 0 aliphatic rings. The molecule has 0 aromatic heterocycles. The Morgan fingerprint density at radius 2 is 1.30 bits per heavy atom. The quantitative estimate of drug-likeness (QED) is 0.182. The van der Waals surface area contributed by atoms with Crippen LogP contribution < -0.4 is 5.32 Å². The summed E-state index contributed by atoms with van der Waals surface area (Å²) in [7, 11) is 0. The van der Waals surface area contributed by atoms with Gasteiger partial charge in [-0.1, -0.05) is 90.2 Å². The number of hydrogen-bond donors (Lipinski definition) is 2. The molecule has 0 saturated carbocycles. The van der Waals surface area contributed by atoms with Gasteiger partial charge in [0.1, 0.15) is 0 Å². The van der Waals surface area contributed by atoms with E-state index in [2.05, 4.69) is 31.3 Å². The van der Waals surface area contributed by atoms with Gasteiger partial charge < -0.3 is 10.4 Å². The Hall–Kier alpha value is -0.830. The molecule has 3 nitrogen and oxygen atoms in total. The molecule has 0 saturated heterocycles. The summed E-state index contributed by atoms with van der Waals surface area (Å²) in [4.78, 5) is 11.9. The molecule has 0 fully saturated rings. The van der Waals surface area contributed by atoms with Crippen molar-refractivity contribution in [2.45, 2.75) is 129 Å². The molecule has 0 radical (unpaired) electrons. The molecule has 0 bridgehead atoms. The lowest BCUT2D eigenvalue weighted by Crippen LogP contribution is -2.37. The third-order valence-electron chi connectivity index (χ3n) is 5.16. The predicted molar refractivity (Wildman–Crippen MR) is 118 cm³/mol. The van der Waals surface area contributed by atoms with Crippen LogP contribution in [-0.2, 0) is 4.79 Å².